The van der Waals surface area contributed by atoms with E-state index in [1.807, 2.05) is 12.1 Å². The Hall–Kier alpha value is -4.28. The van der Waals surface area contributed by atoms with Gasteiger partial charge in [-0.15, -0.1) is 23.2 Å². The van der Waals surface area contributed by atoms with E-state index in [2.05, 4.69) is 0 Å². The maximum Gasteiger partial charge on any atom is 0.303 e. The molecule has 3 aromatic rings. The fourth-order valence-electron chi connectivity index (χ4n) is 8.26. The van der Waals surface area contributed by atoms with Crippen LogP contribution in [0.25, 0.3) is 10.8 Å². The van der Waals surface area contributed by atoms with Gasteiger partial charge in [0.2, 0.25) is 11.8 Å². The first kappa shape index (κ1) is 32.3. The number of phenols is 1. The molecule has 6 atom stereocenters. The van der Waals surface area contributed by atoms with Crippen molar-refractivity contribution in [3.8, 4) is 5.75 Å². The van der Waals surface area contributed by atoms with Crippen molar-refractivity contribution < 1.29 is 38.6 Å². The van der Waals surface area contributed by atoms with Gasteiger partial charge >= 0.3 is 5.97 Å². The second-order valence-electron chi connectivity index (χ2n) is 13.0. The van der Waals surface area contributed by atoms with Gasteiger partial charge in [0.15, 0.2) is 9.75 Å². The van der Waals surface area contributed by atoms with Crippen LogP contribution in [0, 0.1) is 23.6 Å². The number of rotatable bonds is 8. The molecule has 4 aliphatic rings. The molecular weight excluding hydrogens is 662 g/mol. The van der Waals surface area contributed by atoms with Gasteiger partial charge in [-0.3, -0.25) is 28.9 Å². The number of carboxylic acids is 1. The third-order valence-electron chi connectivity index (χ3n) is 10.5. The topological polar surface area (TPSA) is 132 Å². The molecule has 2 aliphatic carbocycles. The highest BCUT2D eigenvalue weighted by molar-refractivity contribution is 6.58. The Morgan fingerprint density at radius 1 is 0.896 bits per heavy atom. The van der Waals surface area contributed by atoms with Crippen molar-refractivity contribution in [2.24, 2.45) is 17.8 Å². The van der Waals surface area contributed by atoms with Crippen LogP contribution in [0.1, 0.15) is 50.0 Å². The molecular formula is C36H31Cl2FN2O7. The van der Waals surface area contributed by atoms with E-state index in [1.165, 1.54) is 17.0 Å². The minimum absolute atomic E-state index is 0.00876. The van der Waals surface area contributed by atoms with Crippen LogP contribution in [-0.2, 0) is 24.0 Å². The number of allylic oxidation sites excluding steroid dienone is 2. The van der Waals surface area contributed by atoms with Crippen LogP contribution in [0.2, 0.25) is 0 Å². The largest absolute Gasteiger partial charge is 0.507 e. The van der Waals surface area contributed by atoms with Crippen molar-refractivity contribution >= 4 is 69.3 Å². The molecule has 2 saturated heterocycles. The summed E-state index contributed by atoms with van der Waals surface area (Å²) in [5.74, 6) is -7.65. The number of phenolic OH excluding ortho intramolecular Hbond substituents is 1. The number of halogens is 3. The quantitative estimate of drug-likeness (QED) is 0.130. The highest BCUT2D eigenvalue weighted by Crippen LogP contribution is 2.66. The zero-order valence-electron chi connectivity index (χ0n) is 25.6. The monoisotopic (exact) mass is 692 g/mol. The summed E-state index contributed by atoms with van der Waals surface area (Å²) in [5, 5.41) is 21.9. The van der Waals surface area contributed by atoms with E-state index in [9.17, 15) is 33.5 Å². The number of carboxylic acid groups (broad SMARTS) is 1. The molecule has 1 saturated carbocycles. The first-order valence-electron chi connectivity index (χ1n) is 15.9. The van der Waals surface area contributed by atoms with E-state index < -0.39 is 62.9 Å². The molecule has 0 bridgehead atoms. The maximum absolute atomic E-state index is 14.5. The average Bonchev–Trinajstić information content (AvgIpc) is 3.39. The third kappa shape index (κ3) is 4.59. The summed E-state index contributed by atoms with van der Waals surface area (Å²) in [6, 6.07) is 15.3. The molecule has 7 rings (SSSR count). The molecule has 4 amide bonds. The van der Waals surface area contributed by atoms with Gasteiger partial charge in [0.1, 0.15) is 11.6 Å². The zero-order valence-corrected chi connectivity index (χ0v) is 27.1. The summed E-state index contributed by atoms with van der Waals surface area (Å²) in [6.07, 6.45) is 3.10. The number of amides is 4. The Balaban J connectivity index is 1.34. The fourth-order valence-corrected chi connectivity index (χ4v) is 9.18. The summed E-state index contributed by atoms with van der Waals surface area (Å²) < 4.78 is 13.9. The van der Waals surface area contributed by atoms with Crippen molar-refractivity contribution in [3.63, 3.8) is 0 Å². The van der Waals surface area contributed by atoms with E-state index in [0.717, 1.165) is 22.4 Å². The number of aliphatic carboxylic acids is 1. The van der Waals surface area contributed by atoms with E-state index in [0.29, 0.717) is 30.2 Å². The predicted molar refractivity (Wildman–Crippen MR) is 175 cm³/mol. The summed E-state index contributed by atoms with van der Waals surface area (Å²) >= 11 is 14.8. The van der Waals surface area contributed by atoms with Crippen LogP contribution >= 0.6 is 23.2 Å². The fraction of sp³-hybridized carbons (Fsp3) is 0.361. The number of aromatic hydroxyl groups is 1. The lowest BCUT2D eigenvalue weighted by atomic mass is 9.56. The minimum atomic E-state index is -2.16. The number of alkyl halides is 2. The summed E-state index contributed by atoms with van der Waals surface area (Å²) in [6.45, 7) is 0.127. The molecule has 0 radical (unpaired) electrons. The lowest BCUT2D eigenvalue weighted by Crippen LogP contribution is -2.60. The molecule has 3 aromatic carbocycles. The predicted octanol–water partition coefficient (Wildman–Crippen LogP) is 5.89. The van der Waals surface area contributed by atoms with Gasteiger partial charge in [-0.05, 0) is 61.3 Å². The number of likely N-dealkylation sites (tertiary alicyclic amines) is 1. The molecule has 0 spiro atoms. The minimum Gasteiger partial charge on any atom is -0.507 e. The number of unbranched alkanes of at least 4 members (excludes halogenated alkanes) is 2. The van der Waals surface area contributed by atoms with Gasteiger partial charge in [0, 0.05) is 29.8 Å². The van der Waals surface area contributed by atoms with E-state index in [4.69, 9.17) is 28.3 Å². The van der Waals surface area contributed by atoms with Crippen molar-refractivity contribution in [2.75, 3.05) is 11.4 Å². The number of imide groups is 2. The van der Waals surface area contributed by atoms with Crippen molar-refractivity contribution in [1.29, 1.82) is 0 Å². The number of hydrogen-bond acceptors (Lipinski definition) is 6. The van der Waals surface area contributed by atoms with Crippen molar-refractivity contribution in [1.82, 2.24) is 4.90 Å². The molecule has 48 heavy (non-hydrogen) atoms. The van der Waals surface area contributed by atoms with Crippen LogP contribution in [-0.4, -0.2) is 61.0 Å². The molecule has 3 fully saturated rings. The molecule has 2 heterocycles. The standard InChI is InChI=1S/C36H31Cl2FN2O7/c37-35-18-26-23(15-16-24-28(26)32(46)40(31(24)45)17-5-1-2-8-27(42)43)29(25-14-9-19-6-3-4-7-22(19)30(25)44)36(35,38)34(48)41(33(35)47)21-12-10-20(39)11-13-21/h3-4,6-7,9-15,24,26,28-29,44H,1-2,5,8,16-18H2,(H,42,43). The van der Waals surface area contributed by atoms with Gasteiger partial charge < -0.3 is 10.2 Å². The Morgan fingerprint density at radius 2 is 1.62 bits per heavy atom. The first-order chi connectivity index (χ1) is 22.9. The van der Waals surface area contributed by atoms with Crippen LogP contribution in [0.4, 0.5) is 10.1 Å². The zero-order chi connectivity index (χ0) is 34.1. The molecule has 0 aromatic heterocycles. The molecule has 2 aliphatic heterocycles. The summed E-state index contributed by atoms with van der Waals surface area (Å²) in [7, 11) is 0. The highest BCUT2D eigenvalue weighted by atomic mass is 35.5. The van der Waals surface area contributed by atoms with E-state index >= 15 is 0 Å². The number of hydrogen-bond donors (Lipinski definition) is 2. The van der Waals surface area contributed by atoms with Crippen molar-refractivity contribution in [2.45, 2.75) is 54.2 Å². The van der Waals surface area contributed by atoms with Gasteiger partial charge in [-0.1, -0.05) is 54.5 Å². The lowest BCUT2D eigenvalue weighted by Gasteiger charge is -2.50. The first-order valence-corrected chi connectivity index (χ1v) is 16.7. The van der Waals surface area contributed by atoms with Gasteiger partial charge in [-0.25, -0.2) is 9.29 Å². The van der Waals surface area contributed by atoms with Gasteiger partial charge in [0.25, 0.3) is 11.8 Å². The smallest absolute Gasteiger partial charge is 0.303 e. The lowest BCUT2D eigenvalue weighted by molar-refractivity contribution is -0.141. The van der Waals surface area contributed by atoms with Gasteiger partial charge in [0.05, 0.1) is 17.5 Å². The number of carbonyl (C=O) groups excluding carboxylic acids is 4. The molecule has 6 unspecified atom stereocenters. The summed E-state index contributed by atoms with van der Waals surface area (Å²) in [4.78, 5) is 65.3. The van der Waals surface area contributed by atoms with Crippen LogP contribution < -0.4 is 4.90 Å². The highest BCUT2D eigenvalue weighted by Gasteiger charge is 2.76. The molecule has 248 valence electrons. The molecule has 12 heteroatoms. The van der Waals surface area contributed by atoms with E-state index in [1.54, 1.807) is 30.3 Å². The second-order valence-corrected chi connectivity index (χ2v) is 14.2. The number of anilines is 1. The Kier molecular flexibility index (Phi) is 7.87. The SMILES string of the molecule is O=C(O)CCCCCN1C(=O)C2CC=C3C(CC4(Cl)C(=O)N(c5ccc(F)cc5)C(=O)C4(Cl)C3c3ccc4ccccc4c3O)C2C1=O. The van der Waals surface area contributed by atoms with E-state index in [-0.39, 0.29) is 48.7 Å². The third-order valence-corrected chi connectivity index (χ3v) is 11.9. The number of carbonyl (C=O) groups is 5. The summed E-state index contributed by atoms with van der Waals surface area (Å²) in [5.41, 5.74) is 0.857. The molecule has 9 nitrogen and oxygen atoms in total. The Bertz CT molecular complexity index is 1930. The second kappa shape index (κ2) is 11.7. The Morgan fingerprint density at radius 3 is 2.35 bits per heavy atom. The van der Waals surface area contributed by atoms with Crippen LogP contribution in [0.3, 0.4) is 0 Å². The number of nitrogens with zero attached hydrogens (tertiary/aromatic N) is 2. The normalized spacial score (nSPS) is 29.6. The van der Waals surface area contributed by atoms with Crippen LogP contribution in [0.15, 0.2) is 72.3 Å². The Labute approximate surface area is 284 Å². The number of benzene rings is 3. The van der Waals surface area contributed by atoms with Gasteiger partial charge in [-0.2, -0.15) is 0 Å². The van der Waals surface area contributed by atoms with Crippen molar-refractivity contribution in [3.05, 3.63) is 83.7 Å². The van der Waals surface area contributed by atoms with Crippen LogP contribution in [0.5, 0.6) is 5.75 Å². The maximum atomic E-state index is 14.5. The number of fused-ring (bicyclic) bond motifs is 5. The molecule has 2 N–H and O–H groups in total. The average molecular weight is 694 g/mol.